The Bertz CT molecular complexity index is 1700. The normalized spacial score (nSPS) is 12.4. The van der Waals surface area contributed by atoms with Gasteiger partial charge in [-0.3, -0.25) is 14.9 Å². The Morgan fingerprint density at radius 2 is 1.43 bits per heavy atom. The van der Waals surface area contributed by atoms with Gasteiger partial charge in [0.15, 0.2) is 17.4 Å². The number of anilines is 1. The van der Waals surface area contributed by atoms with Crippen molar-refractivity contribution in [2.24, 2.45) is 11.8 Å². The number of halogens is 2. The van der Waals surface area contributed by atoms with Crippen LogP contribution < -0.4 is 14.8 Å². The molecule has 0 saturated heterocycles. The second-order valence-corrected chi connectivity index (χ2v) is 12.1. The van der Waals surface area contributed by atoms with Crippen LogP contribution in [0.4, 0.5) is 19.3 Å². The summed E-state index contributed by atoms with van der Waals surface area (Å²) in [5.41, 5.74) is 2.45. The van der Waals surface area contributed by atoms with Crippen LogP contribution in [0, 0.1) is 23.5 Å². The Labute approximate surface area is 304 Å². The van der Waals surface area contributed by atoms with Gasteiger partial charge >= 0.3 is 6.09 Å². The number of Topliss-reactive ketones (excluding diaryl/α,β-unsaturated/α-hetero) is 3. The van der Waals surface area contributed by atoms with Gasteiger partial charge in [-0.15, -0.1) is 0 Å². The summed E-state index contributed by atoms with van der Waals surface area (Å²) >= 11 is 0. The molecular formula is C37H41B4F2NO7. The zero-order valence-electron chi connectivity index (χ0n) is 30.1. The number of carbonyl (C=O) groups excluding carboxylic acids is 4. The Morgan fingerprint density at radius 1 is 0.843 bits per heavy atom. The van der Waals surface area contributed by atoms with Crippen molar-refractivity contribution >= 4 is 60.5 Å². The number of amides is 1. The van der Waals surface area contributed by atoms with Gasteiger partial charge in [0.2, 0.25) is 0 Å². The number of hydrogen-bond acceptors (Lipinski definition) is 7. The molecule has 3 aromatic rings. The van der Waals surface area contributed by atoms with Crippen LogP contribution in [0.3, 0.4) is 0 Å². The predicted octanol–water partition coefficient (Wildman–Crippen LogP) is 7.40. The number of methoxy groups -OCH3 is 1. The van der Waals surface area contributed by atoms with Gasteiger partial charge in [-0.2, -0.15) is 0 Å². The summed E-state index contributed by atoms with van der Waals surface area (Å²) < 4.78 is 42.8. The van der Waals surface area contributed by atoms with E-state index < -0.39 is 39.9 Å². The highest BCUT2D eigenvalue weighted by Crippen LogP contribution is 2.49. The van der Waals surface area contributed by atoms with Crippen molar-refractivity contribution in [3.8, 4) is 17.2 Å². The van der Waals surface area contributed by atoms with E-state index >= 15 is 0 Å². The van der Waals surface area contributed by atoms with Gasteiger partial charge in [-0.1, -0.05) is 57.2 Å². The second kappa shape index (κ2) is 18.8. The first kappa shape index (κ1) is 42.8. The molecule has 3 rings (SSSR count). The maximum atomic E-state index is 13.3. The second-order valence-electron chi connectivity index (χ2n) is 12.1. The highest BCUT2D eigenvalue weighted by Gasteiger charge is 2.44. The molecule has 0 aliphatic rings. The fourth-order valence-corrected chi connectivity index (χ4v) is 4.82. The van der Waals surface area contributed by atoms with Crippen molar-refractivity contribution in [2.75, 3.05) is 12.4 Å². The summed E-state index contributed by atoms with van der Waals surface area (Å²) in [6.45, 7) is 10.2. The third-order valence-corrected chi connectivity index (χ3v) is 8.63. The van der Waals surface area contributed by atoms with Crippen LogP contribution in [0.25, 0.3) is 0 Å². The van der Waals surface area contributed by atoms with E-state index in [1.54, 1.807) is 37.3 Å². The molecule has 0 heterocycles. The number of benzene rings is 3. The van der Waals surface area contributed by atoms with Gasteiger partial charge in [-0.05, 0) is 61.7 Å². The van der Waals surface area contributed by atoms with Crippen LogP contribution in [0.5, 0.6) is 17.2 Å². The molecule has 2 atom stereocenters. The molecular weight excluding hydrogens is 652 g/mol. The van der Waals surface area contributed by atoms with E-state index in [1.165, 1.54) is 27.0 Å². The number of ether oxygens (including phenoxy) is 3. The molecule has 3 aromatic carbocycles. The predicted molar refractivity (Wildman–Crippen MR) is 196 cm³/mol. The lowest BCUT2D eigenvalue weighted by molar-refractivity contribution is -0.122. The summed E-state index contributed by atoms with van der Waals surface area (Å²) in [5.74, 6) is -2.70. The van der Waals surface area contributed by atoms with Crippen molar-refractivity contribution in [3.63, 3.8) is 0 Å². The SMILES string of the molecule is CCc1ccc(COC(=O)Nc2ccc(Oc3ccc(F)c(F)c3)cc2)c(OC)c1C(=O)C(C)CC.[B]C([B])(C(=O)CC)C([B])([B])C(C)C(C)=O. The Balaban J connectivity index is 0.000000507. The monoisotopic (exact) mass is 693 g/mol. The van der Waals surface area contributed by atoms with Crippen LogP contribution in [0.2, 0.25) is 10.4 Å². The van der Waals surface area contributed by atoms with Crippen LogP contribution in [0.15, 0.2) is 54.6 Å². The molecule has 14 heteroatoms. The average molecular weight is 693 g/mol. The van der Waals surface area contributed by atoms with Crippen LogP contribution in [0.1, 0.15) is 75.9 Å². The molecule has 2 unspecified atom stereocenters. The van der Waals surface area contributed by atoms with Gasteiger partial charge in [-0.25, -0.2) is 13.6 Å². The highest BCUT2D eigenvalue weighted by atomic mass is 19.2. The molecule has 0 bridgehead atoms. The number of ketones is 3. The molecule has 0 fully saturated rings. The fraction of sp³-hybridized carbons (Fsp3) is 0.405. The number of carbonyl (C=O) groups is 4. The molecule has 0 saturated carbocycles. The van der Waals surface area contributed by atoms with E-state index in [0.29, 0.717) is 41.2 Å². The smallest absolute Gasteiger partial charge is 0.411 e. The minimum Gasteiger partial charge on any atom is -0.496 e. The molecule has 51 heavy (non-hydrogen) atoms. The van der Waals surface area contributed by atoms with E-state index in [0.717, 1.165) is 17.7 Å². The lowest BCUT2D eigenvalue weighted by Crippen LogP contribution is -2.44. The first-order chi connectivity index (χ1) is 23.9. The maximum absolute atomic E-state index is 13.3. The van der Waals surface area contributed by atoms with Gasteiger partial charge in [0.25, 0.3) is 0 Å². The zero-order valence-corrected chi connectivity index (χ0v) is 30.1. The van der Waals surface area contributed by atoms with Gasteiger partial charge in [0.05, 0.1) is 44.1 Å². The summed E-state index contributed by atoms with van der Waals surface area (Å²) in [6.07, 6.45) is 0.804. The van der Waals surface area contributed by atoms with E-state index in [9.17, 15) is 28.0 Å². The first-order valence-electron chi connectivity index (χ1n) is 16.4. The number of hydrogen-bond donors (Lipinski definition) is 1. The average Bonchev–Trinajstić information content (AvgIpc) is 3.11. The van der Waals surface area contributed by atoms with Crippen molar-refractivity contribution in [1.29, 1.82) is 0 Å². The topological polar surface area (TPSA) is 108 Å². The van der Waals surface area contributed by atoms with Crippen molar-refractivity contribution in [3.05, 3.63) is 82.9 Å². The van der Waals surface area contributed by atoms with Crippen LogP contribution in [-0.2, 0) is 27.4 Å². The van der Waals surface area contributed by atoms with Gasteiger partial charge in [0, 0.05) is 35.6 Å². The molecule has 262 valence electrons. The molecule has 8 nitrogen and oxygen atoms in total. The molecule has 0 spiro atoms. The van der Waals surface area contributed by atoms with E-state index in [1.807, 2.05) is 26.8 Å². The molecule has 8 radical (unpaired) electrons. The molecule has 1 amide bonds. The van der Waals surface area contributed by atoms with Crippen molar-refractivity contribution < 1.29 is 42.2 Å². The van der Waals surface area contributed by atoms with Gasteiger partial charge < -0.3 is 19.0 Å². The Kier molecular flexibility index (Phi) is 15.8. The van der Waals surface area contributed by atoms with Crippen LogP contribution >= 0.6 is 0 Å². The largest absolute Gasteiger partial charge is 0.496 e. The molecule has 0 aromatic heterocycles. The van der Waals surface area contributed by atoms with Gasteiger partial charge in [0.1, 0.15) is 35.4 Å². The van der Waals surface area contributed by atoms with Crippen molar-refractivity contribution in [1.82, 2.24) is 0 Å². The molecule has 0 aliphatic heterocycles. The van der Waals surface area contributed by atoms with E-state index in [4.69, 9.17) is 45.6 Å². The first-order valence-corrected chi connectivity index (χ1v) is 16.4. The zero-order chi connectivity index (χ0) is 38.7. The highest BCUT2D eigenvalue weighted by molar-refractivity contribution is 6.62. The van der Waals surface area contributed by atoms with Crippen molar-refractivity contribution in [2.45, 2.75) is 77.8 Å². The quantitative estimate of drug-likeness (QED) is 0.131. The fourth-order valence-electron chi connectivity index (χ4n) is 4.82. The summed E-state index contributed by atoms with van der Waals surface area (Å²) in [4.78, 5) is 48.0. The summed E-state index contributed by atoms with van der Waals surface area (Å²) in [6, 6.07) is 13.2. The minimum absolute atomic E-state index is 0.00295. The Morgan fingerprint density at radius 3 is 1.94 bits per heavy atom. The lowest BCUT2D eigenvalue weighted by Gasteiger charge is -2.46. The lowest BCUT2D eigenvalue weighted by atomic mass is 9.25. The number of aryl methyl sites for hydroxylation is 1. The minimum atomic E-state index is -1.90. The number of nitrogens with one attached hydrogen (secondary N) is 1. The third-order valence-electron chi connectivity index (χ3n) is 8.63. The van der Waals surface area contributed by atoms with E-state index in [2.05, 4.69) is 5.32 Å². The summed E-state index contributed by atoms with van der Waals surface area (Å²) in [5, 5.41) is -1.03. The number of rotatable bonds is 15. The maximum Gasteiger partial charge on any atom is 0.411 e. The third kappa shape index (κ3) is 10.8. The van der Waals surface area contributed by atoms with Crippen LogP contribution in [-0.4, -0.2) is 61.9 Å². The molecule has 1 N–H and O–H groups in total. The Hall–Kier alpha value is -4.34. The summed E-state index contributed by atoms with van der Waals surface area (Å²) in [7, 11) is 24.1. The molecule has 0 aliphatic carbocycles. The van der Waals surface area contributed by atoms with E-state index in [-0.39, 0.29) is 36.3 Å². The standard InChI is InChI=1S/C28H29F2NO5.C9H12B4O2/c1-5-17(3)26(32)25-18(6-2)7-8-19(27(25)34-4)16-35-28(33)31-20-9-11-21(12-10-20)36-22-13-14-23(29)24(30)15-22;1-4-7(15)9(12,13)8(10,11)5(2)6(3)14/h7-15,17H,5-6,16H2,1-4H3,(H,31,33);5H,4H2,1-3H3.